The lowest BCUT2D eigenvalue weighted by atomic mass is 10.2. The molecule has 2 amide bonds. The number of aromatic nitrogens is 2. The molecule has 0 fully saturated rings. The summed E-state index contributed by atoms with van der Waals surface area (Å²) >= 11 is 19.7. The maximum absolute atomic E-state index is 13.1. The number of hydrogen-bond donors (Lipinski definition) is 1. The molecule has 0 radical (unpaired) electrons. The maximum atomic E-state index is 13.1. The fraction of sp³-hybridized carbons (Fsp3) is 0.120. The van der Waals surface area contributed by atoms with Gasteiger partial charge in [-0.1, -0.05) is 46.9 Å². The van der Waals surface area contributed by atoms with Gasteiger partial charge in [-0.25, -0.2) is 9.78 Å². The lowest BCUT2D eigenvalue weighted by Crippen LogP contribution is -2.36. The fourth-order valence-electron chi connectivity index (χ4n) is 3.64. The molecule has 0 atom stereocenters. The van der Waals surface area contributed by atoms with Crippen LogP contribution in [0.1, 0.15) is 11.5 Å². The number of fused-ring (bicyclic) bond motifs is 1. The number of nitrogens with zero attached hydrogens (tertiary/aromatic N) is 3. The van der Waals surface area contributed by atoms with E-state index >= 15 is 0 Å². The number of imidazole rings is 1. The van der Waals surface area contributed by atoms with Crippen LogP contribution in [0, 0.1) is 0 Å². The summed E-state index contributed by atoms with van der Waals surface area (Å²) in [5, 5.41) is 6.45. The molecule has 0 aliphatic heterocycles. The lowest BCUT2D eigenvalue weighted by Gasteiger charge is -2.22. The van der Waals surface area contributed by atoms with Gasteiger partial charge in [0.05, 0.1) is 28.5 Å². The van der Waals surface area contributed by atoms with Gasteiger partial charge >= 0.3 is 6.03 Å². The van der Waals surface area contributed by atoms with Gasteiger partial charge in [-0.15, -0.1) is 11.3 Å². The summed E-state index contributed by atoms with van der Waals surface area (Å²) < 4.78 is 7.55. The van der Waals surface area contributed by atoms with Crippen LogP contribution in [0.15, 0.2) is 76.9 Å². The summed E-state index contributed by atoms with van der Waals surface area (Å²) in [5.41, 5.74) is 3.50. The molecule has 0 unspecified atom stereocenters. The Kier molecular flexibility index (Phi) is 7.02. The summed E-state index contributed by atoms with van der Waals surface area (Å²) in [4.78, 5) is 20.5. The standard InChI is InChI=1S/C25H19Cl3N4O2S/c26-17-5-3-16(4-6-17)23-14-32-19(15-35-25(32)30-23)9-10-31(13-20-2-1-11-34-20)24(33)29-18-7-8-21(27)22(28)12-18/h1-8,11-12,14-15H,9-10,13H2,(H,29,33). The SMILES string of the molecule is O=C(Nc1ccc(Cl)c(Cl)c1)N(CCc1csc2nc(-c3ccc(Cl)cc3)cn12)Cc1ccco1. The highest BCUT2D eigenvalue weighted by Crippen LogP contribution is 2.27. The van der Waals surface area contributed by atoms with Crippen LogP contribution in [-0.4, -0.2) is 26.9 Å². The molecule has 0 aliphatic carbocycles. The van der Waals surface area contributed by atoms with Crippen molar-refractivity contribution in [3.05, 3.63) is 99.0 Å². The number of carbonyl (C=O) groups excluding carboxylic acids is 1. The summed E-state index contributed by atoms with van der Waals surface area (Å²) in [7, 11) is 0. The van der Waals surface area contributed by atoms with Gasteiger partial charge in [-0.2, -0.15) is 0 Å². The Hall–Kier alpha value is -2.97. The Labute approximate surface area is 220 Å². The number of amides is 2. The van der Waals surface area contributed by atoms with Crippen molar-refractivity contribution < 1.29 is 9.21 Å². The number of thiazole rings is 1. The Balaban J connectivity index is 1.34. The number of benzene rings is 2. The smallest absolute Gasteiger partial charge is 0.322 e. The van der Waals surface area contributed by atoms with Crippen molar-refractivity contribution in [2.24, 2.45) is 0 Å². The van der Waals surface area contributed by atoms with Gasteiger partial charge in [0.15, 0.2) is 4.96 Å². The van der Waals surface area contributed by atoms with Crippen molar-refractivity contribution in [3.8, 4) is 11.3 Å². The fourth-order valence-corrected chi connectivity index (χ4v) is 4.97. The second-order valence-corrected chi connectivity index (χ2v) is 9.91. The average Bonchev–Trinajstić information content (AvgIpc) is 3.58. The molecule has 0 aliphatic rings. The van der Waals surface area contributed by atoms with Crippen LogP contribution in [-0.2, 0) is 13.0 Å². The monoisotopic (exact) mass is 544 g/mol. The van der Waals surface area contributed by atoms with E-state index in [4.69, 9.17) is 44.2 Å². The second-order valence-electron chi connectivity index (χ2n) is 7.82. The van der Waals surface area contributed by atoms with Gasteiger partial charge in [-0.05, 0) is 42.5 Å². The zero-order valence-corrected chi connectivity index (χ0v) is 21.3. The highest BCUT2D eigenvalue weighted by Gasteiger charge is 2.18. The number of nitrogens with one attached hydrogen (secondary N) is 1. The zero-order chi connectivity index (χ0) is 24.4. The minimum Gasteiger partial charge on any atom is -0.467 e. The molecule has 2 aromatic carbocycles. The predicted octanol–water partition coefficient (Wildman–Crippen LogP) is 7.89. The molecule has 178 valence electrons. The maximum Gasteiger partial charge on any atom is 0.322 e. The highest BCUT2D eigenvalue weighted by atomic mass is 35.5. The molecule has 3 aromatic heterocycles. The third-order valence-corrected chi connectivity index (χ3v) is 7.33. The first-order valence-electron chi connectivity index (χ1n) is 10.7. The van der Waals surface area contributed by atoms with Crippen molar-refractivity contribution in [1.29, 1.82) is 0 Å². The van der Waals surface area contributed by atoms with Crippen molar-refractivity contribution in [3.63, 3.8) is 0 Å². The second kappa shape index (κ2) is 10.3. The number of furan rings is 1. The van der Waals surface area contributed by atoms with Gasteiger partial charge < -0.3 is 14.6 Å². The van der Waals surface area contributed by atoms with E-state index in [2.05, 4.69) is 15.1 Å². The normalized spacial score (nSPS) is 11.2. The quantitative estimate of drug-likeness (QED) is 0.226. The molecule has 5 rings (SSSR count). The van der Waals surface area contributed by atoms with Gasteiger partial charge in [0, 0.05) is 46.5 Å². The Morgan fingerprint density at radius 1 is 1.09 bits per heavy atom. The summed E-state index contributed by atoms with van der Waals surface area (Å²) in [5.74, 6) is 0.692. The van der Waals surface area contributed by atoms with E-state index in [1.54, 1.807) is 46.8 Å². The first-order chi connectivity index (χ1) is 17.0. The van der Waals surface area contributed by atoms with E-state index in [0.717, 1.165) is 21.9 Å². The van der Waals surface area contributed by atoms with Crippen LogP contribution in [0.3, 0.4) is 0 Å². The first-order valence-corrected chi connectivity index (χ1v) is 12.7. The number of carbonyl (C=O) groups is 1. The Morgan fingerprint density at radius 3 is 2.66 bits per heavy atom. The zero-order valence-electron chi connectivity index (χ0n) is 18.2. The molecule has 0 spiro atoms. The number of anilines is 1. The Bertz CT molecular complexity index is 1460. The highest BCUT2D eigenvalue weighted by molar-refractivity contribution is 7.15. The van der Waals surface area contributed by atoms with E-state index in [-0.39, 0.29) is 6.03 Å². The van der Waals surface area contributed by atoms with E-state index in [1.165, 1.54) is 0 Å². The van der Waals surface area contributed by atoms with Crippen molar-refractivity contribution >= 4 is 62.8 Å². The molecule has 0 bridgehead atoms. The molecule has 10 heteroatoms. The van der Waals surface area contributed by atoms with E-state index in [9.17, 15) is 4.79 Å². The first kappa shape index (κ1) is 23.8. The van der Waals surface area contributed by atoms with E-state index < -0.39 is 0 Å². The molecular weight excluding hydrogens is 527 g/mol. The van der Waals surface area contributed by atoms with Crippen LogP contribution >= 0.6 is 46.1 Å². The number of halogens is 3. The van der Waals surface area contributed by atoms with Crippen molar-refractivity contribution in [2.45, 2.75) is 13.0 Å². The third-order valence-electron chi connectivity index (χ3n) is 5.45. The van der Waals surface area contributed by atoms with Crippen LogP contribution in [0.25, 0.3) is 16.2 Å². The van der Waals surface area contributed by atoms with Gasteiger partial charge in [0.25, 0.3) is 0 Å². The number of urea groups is 1. The largest absolute Gasteiger partial charge is 0.467 e. The van der Waals surface area contributed by atoms with Crippen molar-refractivity contribution in [2.75, 3.05) is 11.9 Å². The predicted molar refractivity (Wildman–Crippen MR) is 142 cm³/mol. The number of hydrogen-bond acceptors (Lipinski definition) is 4. The van der Waals surface area contributed by atoms with Crippen LogP contribution in [0.4, 0.5) is 10.5 Å². The molecule has 35 heavy (non-hydrogen) atoms. The molecule has 0 saturated heterocycles. The average molecular weight is 546 g/mol. The van der Waals surface area contributed by atoms with Crippen LogP contribution in [0.2, 0.25) is 15.1 Å². The summed E-state index contributed by atoms with van der Waals surface area (Å²) in [6, 6.07) is 16.0. The molecular formula is C25H19Cl3N4O2S. The summed E-state index contributed by atoms with van der Waals surface area (Å²) in [6.45, 7) is 0.793. The third kappa shape index (κ3) is 5.49. The van der Waals surface area contributed by atoms with Crippen molar-refractivity contribution in [1.82, 2.24) is 14.3 Å². The Morgan fingerprint density at radius 2 is 1.91 bits per heavy atom. The van der Waals surface area contributed by atoms with Crippen LogP contribution < -0.4 is 5.32 Å². The topological polar surface area (TPSA) is 62.8 Å². The van der Waals surface area contributed by atoms with Crippen LogP contribution in [0.5, 0.6) is 0 Å². The summed E-state index contributed by atoms with van der Waals surface area (Å²) in [6.07, 6.45) is 4.24. The molecule has 3 heterocycles. The van der Waals surface area contributed by atoms with E-state index in [1.807, 2.05) is 36.5 Å². The van der Waals surface area contributed by atoms with Gasteiger partial charge in [0.2, 0.25) is 0 Å². The minimum absolute atomic E-state index is 0.265. The molecule has 1 N–H and O–H groups in total. The lowest BCUT2D eigenvalue weighted by molar-refractivity contribution is 0.204. The molecule has 6 nitrogen and oxygen atoms in total. The van der Waals surface area contributed by atoms with E-state index in [0.29, 0.717) is 46.0 Å². The van der Waals surface area contributed by atoms with Gasteiger partial charge in [0.1, 0.15) is 5.76 Å². The minimum atomic E-state index is -0.265. The van der Waals surface area contributed by atoms with Gasteiger partial charge in [-0.3, -0.25) is 4.40 Å². The molecule has 0 saturated carbocycles. The molecule has 5 aromatic rings. The number of rotatable bonds is 7.